The lowest BCUT2D eigenvalue weighted by molar-refractivity contribution is 0.345. The van der Waals surface area contributed by atoms with E-state index in [0.717, 1.165) is 18.2 Å². The van der Waals surface area contributed by atoms with Gasteiger partial charge in [0.1, 0.15) is 5.75 Å². The highest BCUT2D eigenvalue weighted by molar-refractivity contribution is 5.28. The Morgan fingerprint density at radius 2 is 1.94 bits per heavy atom. The molecule has 2 N–H and O–H groups in total. The van der Waals surface area contributed by atoms with E-state index >= 15 is 0 Å². The van der Waals surface area contributed by atoms with E-state index in [-0.39, 0.29) is 0 Å². The van der Waals surface area contributed by atoms with Crippen molar-refractivity contribution in [2.45, 2.75) is 25.8 Å². The van der Waals surface area contributed by atoms with Crippen molar-refractivity contribution in [1.82, 2.24) is 10.6 Å². The van der Waals surface area contributed by atoms with E-state index in [4.69, 9.17) is 4.74 Å². The van der Waals surface area contributed by atoms with E-state index < -0.39 is 0 Å². The third kappa shape index (κ3) is 3.72. The van der Waals surface area contributed by atoms with Crippen LogP contribution in [0.2, 0.25) is 0 Å². The minimum absolute atomic E-state index is 0.408. The minimum Gasteiger partial charge on any atom is -0.497 e. The molecule has 1 fully saturated rings. The molecule has 1 atom stereocenters. The van der Waals surface area contributed by atoms with Gasteiger partial charge in [-0.1, -0.05) is 12.1 Å². The molecule has 0 unspecified atom stereocenters. The van der Waals surface area contributed by atoms with Crippen molar-refractivity contribution in [2.24, 2.45) is 5.92 Å². The second kappa shape index (κ2) is 6.76. The molecule has 0 spiro atoms. The largest absolute Gasteiger partial charge is 0.497 e. The van der Waals surface area contributed by atoms with E-state index in [9.17, 15) is 0 Å². The topological polar surface area (TPSA) is 33.3 Å². The van der Waals surface area contributed by atoms with Crippen molar-refractivity contribution in [3.05, 3.63) is 29.8 Å². The van der Waals surface area contributed by atoms with Gasteiger partial charge in [-0.15, -0.1) is 0 Å². The second-order valence-corrected chi connectivity index (χ2v) is 5.10. The molecule has 1 aliphatic heterocycles. The summed E-state index contributed by atoms with van der Waals surface area (Å²) in [5.74, 6) is 1.75. The zero-order valence-corrected chi connectivity index (χ0v) is 11.4. The van der Waals surface area contributed by atoms with Gasteiger partial charge in [0.25, 0.3) is 0 Å². The molecule has 1 heterocycles. The first kappa shape index (κ1) is 13.4. The summed E-state index contributed by atoms with van der Waals surface area (Å²) in [7, 11) is 1.70. The highest BCUT2D eigenvalue weighted by Gasteiger charge is 2.14. The van der Waals surface area contributed by atoms with Crippen LogP contribution in [0.25, 0.3) is 0 Å². The monoisotopic (exact) mass is 248 g/mol. The van der Waals surface area contributed by atoms with Crippen LogP contribution in [0.5, 0.6) is 5.75 Å². The van der Waals surface area contributed by atoms with Gasteiger partial charge in [-0.25, -0.2) is 0 Å². The van der Waals surface area contributed by atoms with Crippen LogP contribution in [0.1, 0.15) is 31.4 Å². The molecule has 1 saturated heterocycles. The lowest BCUT2D eigenvalue weighted by atomic mass is 9.97. The quantitative estimate of drug-likeness (QED) is 0.839. The van der Waals surface area contributed by atoms with Crippen LogP contribution in [0, 0.1) is 5.92 Å². The lowest BCUT2D eigenvalue weighted by Crippen LogP contribution is -2.34. The Morgan fingerprint density at radius 1 is 1.28 bits per heavy atom. The molecule has 1 aliphatic rings. The molecule has 3 heteroatoms. The maximum absolute atomic E-state index is 5.18. The van der Waals surface area contributed by atoms with Crippen molar-refractivity contribution in [2.75, 3.05) is 26.7 Å². The van der Waals surface area contributed by atoms with Gasteiger partial charge >= 0.3 is 0 Å². The number of nitrogens with one attached hydrogen (secondary N) is 2. The van der Waals surface area contributed by atoms with Crippen LogP contribution in [0.4, 0.5) is 0 Å². The normalized spacial score (nSPS) is 18.6. The highest BCUT2D eigenvalue weighted by Crippen LogP contribution is 2.18. The maximum atomic E-state index is 5.18. The van der Waals surface area contributed by atoms with Gasteiger partial charge < -0.3 is 15.4 Å². The fourth-order valence-corrected chi connectivity index (χ4v) is 2.44. The SMILES string of the molecule is COc1ccc([C@@H](C)NCC2CCNCC2)cc1. The third-order valence-electron chi connectivity index (χ3n) is 3.79. The van der Waals surface area contributed by atoms with Gasteiger partial charge in [0.05, 0.1) is 7.11 Å². The number of piperidine rings is 1. The Morgan fingerprint density at radius 3 is 2.56 bits per heavy atom. The van der Waals surface area contributed by atoms with Gasteiger partial charge in [-0.2, -0.15) is 0 Å². The number of hydrogen-bond acceptors (Lipinski definition) is 3. The fourth-order valence-electron chi connectivity index (χ4n) is 2.44. The number of hydrogen-bond donors (Lipinski definition) is 2. The summed E-state index contributed by atoms with van der Waals surface area (Å²) in [6.45, 7) is 5.68. The first-order valence-corrected chi connectivity index (χ1v) is 6.87. The zero-order valence-electron chi connectivity index (χ0n) is 11.4. The van der Waals surface area contributed by atoms with Gasteiger partial charge in [0, 0.05) is 6.04 Å². The second-order valence-electron chi connectivity index (χ2n) is 5.10. The molecule has 1 aromatic rings. The number of methoxy groups -OCH3 is 1. The predicted molar refractivity (Wildman–Crippen MR) is 75.0 cm³/mol. The average molecular weight is 248 g/mol. The molecule has 0 aromatic heterocycles. The van der Waals surface area contributed by atoms with E-state index in [0.29, 0.717) is 6.04 Å². The summed E-state index contributed by atoms with van der Waals surface area (Å²) in [4.78, 5) is 0. The van der Waals surface area contributed by atoms with Crippen LogP contribution in [-0.2, 0) is 0 Å². The van der Waals surface area contributed by atoms with E-state index in [2.05, 4.69) is 29.7 Å². The Kier molecular flexibility index (Phi) is 5.02. The summed E-state index contributed by atoms with van der Waals surface area (Å²) >= 11 is 0. The van der Waals surface area contributed by atoms with E-state index in [1.807, 2.05) is 12.1 Å². The zero-order chi connectivity index (χ0) is 12.8. The van der Waals surface area contributed by atoms with Crippen LogP contribution < -0.4 is 15.4 Å². The fraction of sp³-hybridized carbons (Fsp3) is 0.600. The molecule has 0 saturated carbocycles. The van der Waals surface area contributed by atoms with Crippen LogP contribution in [-0.4, -0.2) is 26.7 Å². The predicted octanol–water partition coefficient (Wildman–Crippen LogP) is 2.35. The molecule has 0 aliphatic carbocycles. The minimum atomic E-state index is 0.408. The molecular weight excluding hydrogens is 224 g/mol. The van der Waals surface area contributed by atoms with Crippen LogP contribution in [0.3, 0.4) is 0 Å². The summed E-state index contributed by atoms with van der Waals surface area (Å²) in [5.41, 5.74) is 1.32. The van der Waals surface area contributed by atoms with Crippen molar-refractivity contribution in [1.29, 1.82) is 0 Å². The van der Waals surface area contributed by atoms with Gasteiger partial charge in [0.2, 0.25) is 0 Å². The van der Waals surface area contributed by atoms with Crippen LogP contribution in [0.15, 0.2) is 24.3 Å². The summed E-state index contributed by atoms with van der Waals surface area (Å²) in [6, 6.07) is 8.74. The molecule has 0 amide bonds. The molecule has 100 valence electrons. The molecule has 2 rings (SSSR count). The molecule has 18 heavy (non-hydrogen) atoms. The Balaban J connectivity index is 1.80. The number of ether oxygens (including phenoxy) is 1. The molecule has 3 nitrogen and oxygen atoms in total. The van der Waals surface area contributed by atoms with E-state index in [1.54, 1.807) is 7.11 Å². The first-order chi connectivity index (χ1) is 8.79. The summed E-state index contributed by atoms with van der Waals surface area (Å²) in [6.07, 6.45) is 2.59. The Labute approximate surface area is 110 Å². The van der Waals surface area contributed by atoms with Crippen molar-refractivity contribution in [3.63, 3.8) is 0 Å². The standard InChI is InChI=1S/C15H24N2O/c1-12(14-3-5-15(18-2)6-4-14)17-11-13-7-9-16-10-8-13/h3-6,12-13,16-17H,7-11H2,1-2H3/t12-/m1/s1. The number of benzene rings is 1. The third-order valence-corrected chi connectivity index (χ3v) is 3.79. The van der Waals surface area contributed by atoms with Crippen LogP contribution >= 0.6 is 0 Å². The van der Waals surface area contributed by atoms with E-state index in [1.165, 1.54) is 31.5 Å². The Hall–Kier alpha value is -1.06. The van der Waals surface area contributed by atoms with Gasteiger partial charge in [0.15, 0.2) is 0 Å². The van der Waals surface area contributed by atoms with Crippen molar-refractivity contribution < 1.29 is 4.74 Å². The van der Waals surface area contributed by atoms with Crippen molar-refractivity contribution in [3.8, 4) is 5.75 Å². The molecular formula is C15H24N2O. The number of rotatable bonds is 5. The smallest absolute Gasteiger partial charge is 0.118 e. The molecule has 0 bridgehead atoms. The lowest BCUT2D eigenvalue weighted by Gasteiger charge is -2.25. The van der Waals surface area contributed by atoms with Crippen molar-refractivity contribution >= 4 is 0 Å². The highest BCUT2D eigenvalue weighted by atomic mass is 16.5. The van der Waals surface area contributed by atoms with Gasteiger partial charge in [-0.3, -0.25) is 0 Å². The summed E-state index contributed by atoms with van der Waals surface area (Å²) in [5, 5.41) is 7.04. The maximum Gasteiger partial charge on any atom is 0.118 e. The first-order valence-electron chi connectivity index (χ1n) is 6.87. The Bertz CT molecular complexity index is 344. The molecule has 1 aromatic carbocycles. The summed E-state index contributed by atoms with van der Waals surface area (Å²) < 4.78 is 5.18. The van der Waals surface area contributed by atoms with Gasteiger partial charge in [-0.05, 0) is 63.0 Å². The molecule has 0 radical (unpaired) electrons. The average Bonchev–Trinajstić information content (AvgIpc) is 2.46.